The van der Waals surface area contributed by atoms with Crippen LogP contribution >= 0.6 is 0 Å². The molecule has 1 saturated heterocycles. The van der Waals surface area contributed by atoms with Crippen LogP contribution in [-0.4, -0.2) is 28.1 Å². The molecule has 1 aliphatic heterocycles. The number of para-hydroxylation sites is 1. The molecule has 32 heavy (non-hydrogen) atoms. The lowest BCUT2D eigenvalue weighted by molar-refractivity contribution is -0.126. The summed E-state index contributed by atoms with van der Waals surface area (Å²) >= 11 is 0. The number of nitrogens with zero attached hydrogens (tertiary/aromatic N) is 3. The summed E-state index contributed by atoms with van der Waals surface area (Å²) in [6.45, 7) is 0.590. The average Bonchev–Trinajstić information content (AvgIpc) is 3.49. The summed E-state index contributed by atoms with van der Waals surface area (Å²) in [7, 11) is 0. The Morgan fingerprint density at radius 1 is 0.969 bits per heavy atom. The van der Waals surface area contributed by atoms with Crippen LogP contribution in [0.5, 0.6) is 0 Å². The van der Waals surface area contributed by atoms with Crippen molar-refractivity contribution in [2.75, 3.05) is 11.4 Å². The molecule has 3 aromatic rings. The van der Waals surface area contributed by atoms with Crippen LogP contribution in [0.3, 0.4) is 0 Å². The summed E-state index contributed by atoms with van der Waals surface area (Å²) in [5.74, 6) is -0.620. The summed E-state index contributed by atoms with van der Waals surface area (Å²) in [4.78, 5) is 40.0. The van der Waals surface area contributed by atoms with Crippen LogP contribution in [0.25, 0.3) is 10.8 Å². The maximum atomic E-state index is 13.0. The van der Waals surface area contributed by atoms with Crippen LogP contribution in [0.15, 0.2) is 59.4 Å². The summed E-state index contributed by atoms with van der Waals surface area (Å²) < 4.78 is 1.62. The van der Waals surface area contributed by atoms with E-state index in [1.54, 1.807) is 9.58 Å². The molecule has 2 heterocycles. The minimum absolute atomic E-state index is 0.0466. The SMILES string of the molecule is O=C(NCc1nn(C2CCCC2)c(=O)c2ccccc12)C1CC(=O)N(c2ccccc2)C1. The van der Waals surface area contributed by atoms with E-state index in [1.165, 1.54) is 0 Å². The predicted molar refractivity (Wildman–Crippen MR) is 122 cm³/mol. The lowest BCUT2D eigenvalue weighted by Crippen LogP contribution is -2.34. The molecule has 1 N–H and O–H groups in total. The second-order valence-electron chi connectivity index (χ2n) is 8.64. The summed E-state index contributed by atoms with van der Waals surface area (Å²) in [5, 5.41) is 9.03. The average molecular weight is 431 g/mol. The van der Waals surface area contributed by atoms with Gasteiger partial charge in [-0.05, 0) is 31.0 Å². The van der Waals surface area contributed by atoms with Crippen LogP contribution in [0, 0.1) is 5.92 Å². The number of carbonyl (C=O) groups is 2. The number of benzene rings is 2. The number of amides is 2. The molecule has 2 aliphatic rings. The van der Waals surface area contributed by atoms with E-state index in [-0.39, 0.29) is 36.4 Å². The van der Waals surface area contributed by atoms with Crippen LogP contribution < -0.4 is 15.8 Å². The van der Waals surface area contributed by atoms with Gasteiger partial charge in [0.2, 0.25) is 11.8 Å². The van der Waals surface area contributed by atoms with Gasteiger partial charge in [-0.15, -0.1) is 0 Å². The second-order valence-corrected chi connectivity index (χ2v) is 8.64. The van der Waals surface area contributed by atoms with E-state index in [2.05, 4.69) is 10.4 Å². The first-order valence-electron chi connectivity index (χ1n) is 11.3. The van der Waals surface area contributed by atoms with Crippen molar-refractivity contribution in [1.82, 2.24) is 15.1 Å². The van der Waals surface area contributed by atoms with Crippen LogP contribution in [0.1, 0.15) is 43.8 Å². The summed E-state index contributed by atoms with van der Waals surface area (Å²) in [6.07, 6.45) is 4.31. The highest BCUT2D eigenvalue weighted by molar-refractivity contribution is 6.00. The van der Waals surface area contributed by atoms with E-state index in [0.717, 1.165) is 36.8 Å². The Kier molecular flexibility index (Phi) is 5.47. The first-order valence-corrected chi connectivity index (χ1v) is 11.3. The highest BCUT2D eigenvalue weighted by Gasteiger charge is 2.35. The van der Waals surface area contributed by atoms with Gasteiger partial charge in [0.05, 0.1) is 29.6 Å². The normalized spacial score (nSPS) is 19.1. The minimum Gasteiger partial charge on any atom is -0.350 e. The zero-order chi connectivity index (χ0) is 22.1. The smallest absolute Gasteiger partial charge is 0.274 e. The Labute approximate surface area is 186 Å². The second kappa shape index (κ2) is 8.57. The van der Waals surface area contributed by atoms with Gasteiger partial charge in [0.25, 0.3) is 5.56 Å². The number of rotatable bonds is 5. The first-order chi connectivity index (χ1) is 15.6. The fourth-order valence-corrected chi connectivity index (χ4v) is 4.86. The van der Waals surface area contributed by atoms with Gasteiger partial charge >= 0.3 is 0 Å². The Bertz CT molecular complexity index is 1210. The number of hydrogen-bond donors (Lipinski definition) is 1. The third-order valence-electron chi connectivity index (χ3n) is 6.57. The fraction of sp³-hybridized carbons (Fsp3) is 0.360. The van der Waals surface area contributed by atoms with Gasteiger partial charge in [-0.3, -0.25) is 14.4 Å². The van der Waals surface area contributed by atoms with Crippen molar-refractivity contribution in [3.8, 4) is 0 Å². The topological polar surface area (TPSA) is 84.3 Å². The molecule has 0 radical (unpaired) electrons. The minimum atomic E-state index is -0.408. The van der Waals surface area contributed by atoms with Gasteiger partial charge in [0.1, 0.15) is 0 Å². The fourth-order valence-electron chi connectivity index (χ4n) is 4.86. The van der Waals surface area contributed by atoms with E-state index >= 15 is 0 Å². The molecule has 5 rings (SSSR count). The number of aromatic nitrogens is 2. The number of anilines is 1. The molecule has 7 heteroatoms. The van der Waals surface area contributed by atoms with Crippen LogP contribution in [-0.2, 0) is 16.1 Å². The van der Waals surface area contributed by atoms with Crippen LogP contribution in [0.4, 0.5) is 5.69 Å². The van der Waals surface area contributed by atoms with Crippen molar-refractivity contribution in [2.45, 2.75) is 44.7 Å². The van der Waals surface area contributed by atoms with Crippen molar-refractivity contribution in [2.24, 2.45) is 5.92 Å². The Balaban J connectivity index is 1.35. The number of nitrogens with one attached hydrogen (secondary N) is 1. The molecule has 1 unspecified atom stereocenters. The maximum Gasteiger partial charge on any atom is 0.274 e. The number of carbonyl (C=O) groups excluding carboxylic acids is 2. The molecule has 2 fully saturated rings. The number of hydrogen-bond acceptors (Lipinski definition) is 4. The molecule has 1 aliphatic carbocycles. The standard InChI is InChI=1S/C25H26N4O3/c30-23-14-17(16-28(23)18-8-2-1-3-9-18)24(31)26-15-22-20-12-6-7-13-21(20)25(32)29(27-22)19-10-4-5-11-19/h1-3,6-9,12-13,17,19H,4-5,10-11,14-16H2,(H,26,31). The third kappa shape index (κ3) is 3.79. The highest BCUT2D eigenvalue weighted by atomic mass is 16.2. The van der Waals surface area contributed by atoms with Crippen LogP contribution in [0.2, 0.25) is 0 Å². The van der Waals surface area contributed by atoms with Gasteiger partial charge < -0.3 is 10.2 Å². The molecule has 7 nitrogen and oxygen atoms in total. The van der Waals surface area contributed by atoms with Gasteiger partial charge in [0, 0.05) is 24.0 Å². The van der Waals surface area contributed by atoms with Crippen molar-refractivity contribution in [3.63, 3.8) is 0 Å². The Morgan fingerprint density at radius 3 is 2.41 bits per heavy atom. The van der Waals surface area contributed by atoms with Gasteiger partial charge in [-0.2, -0.15) is 5.10 Å². The zero-order valence-electron chi connectivity index (χ0n) is 17.9. The molecule has 164 valence electrons. The molecule has 2 amide bonds. The van der Waals surface area contributed by atoms with Crippen molar-refractivity contribution in [3.05, 3.63) is 70.6 Å². The third-order valence-corrected chi connectivity index (χ3v) is 6.57. The molecule has 2 aromatic carbocycles. The molecule has 1 saturated carbocycles. The summed E-state index contributed by atoms with van der Waals surface area (Å²) in [5.41, 5.74) is 1.43. The Morgan fingerprint density at radius 2 is 1.66 bits per heavy atom. The maximum absolute atomic E-state index is 13.0. The molecule has 1 aromatic heterocycles. The lowest BCUT2D eigenvalue weighted by Gasteiger charge is -2.17. The Hall–Kier alpha value is -3.48. The predicted octanol–water partition coefficient (Wildman–Crippen LogP) is 3.18. The highest BCUT2D eigenvalue weighted by Crippen LogP contribution is 2.29. The molecule has 0 bridgehead atoms. The number of fused-ring (bicyclic) bond motifs is 1. The molecular weight excluding hydrogens is 404 g/mol. The quantitative estimate of drug-likeness (QED) is 0.674. The lowest BCUT2D eigenvalue weighted by atomic mass is 10.1. The molecule has 0 spiro atoms. The van der Waals surface area contributed by atoms with Crippen molar-refractivity contribution < 1.29 is 9.59 Å². The van der Waals surface area contributed by atoms with Gasteiger partial charge in [-0.1, -0.05) is 49.2 Å². The van der Waals surface area contributed by atoms with E-state index in [4.69, 9.17) is 0 Å². The van der Waals surface area contributed by atoms with Gasteiger partial charge in [-0.25, -0.2) is 4.68 Å². The van der Waals surface area contributed by atoms with E-state index < -0.39 is 5.92 Å². The van der Waals surface area contributed by atoms with Crippen molar-refractivity contribution in [1.29, 1.82) is 0 Å². The van der Waals surface area contributed by atoms with E-state index in [1.807, 2.05) is 54.6 Å². The van der Waals surface area contributed by atoms with Crippen molar-refractivity contribution >= 4 is 28.3 Å². The monoisotopic (exact) mass is 430 g/mol. The van der Waals surface area contributed by atoms with E-state index in [0.29, 0.717) is 17.6 Å². The molecular formula is C25H26N4O3. The molecule has 1 atom stereocenters. The van der Waals surface area contributed by atoms with Gasteiger partial charge in [0.15, 0.2) is 0 Å². The largest absolute Gasteiger partial charge is 0.350 e. The van der Waals surface area contributed by atoms with E-state index in [9.17, 15) is 14.4 Å². The summed E-state index contributed by atoms with van der Waals surface area (Å²) in [6, 6.07) is 17.0. The first kappa shape index (κ1) is 20.4. The zero-order valence-corrected chi connectivity index (χ0v) is 17.9.